The van der Waals surface area contributed by atoms with Crippen molar-refractivity contribution in [2.75, 3.05) is 11.9 Å². The van der Waals surface area contributed by atoms with Gasteiger partial charge in [0.15, 0.2) is 10.8 Å². The monoisotopic (exact) mass is 392 g/mol. The molecule has 2 aromatic heterocycles. The molecule has 27 heavy (non-hydrogen) atoms. The molecule has 2 aromatic rings. The number of fused-ring (bicyclic) bond motifs is 1. The van der Waals surface area contributed by atoms with Crippen LogP contribution in [0.2, 0.25) is 0 Å². The minimum absolute atomic E-state index is 0.0178. The first kappa shape index (κ1) is 21.5. The zero-order valence-corrected chi connectivity index (χ0v) is 18.3. The molecule has 0 radical (unpaired) electrons. The smallest absolute Gasteiger partial charge is 0.220 e. The van der Waals surface area contributed by atoms with Crippen LogP contribution < -0.4 is 10.6 Å². The molecule has 0 aromatic carbocycles. The largest absolute Gasteiger partial charge is 0.367 e. The number of nitrogens with zero attached hydrogens (tertiary/aromatic N) is 4. The van der Waals surface area contributed by atoms with Gasteiger partial charge in [0.25, 0.3) is 0 Å². The van der Waals surface area contributed by atoms with Crippen LogP contribution in [0.5, 0.6) is 0 Å². The van der Waals surface area contributed by atoms with Gasteiger partial charge in [-0.15, -0.1) is 0 Å². The van der Waals surface area contributed by atoms with E-state index in [1.807, 2.05) is 4.68 Å². The second kappa shape index (κ2) is 8.91. The van der Waals surface area contributed by atoms with E-state index in [0.29, 0.717) is 24.8 Å². The fourth-order valence-electron chi connectivity index (χ4n) is 2.59. The highest BCUT2D eigenvalue weighted by molar-refractivity contribution is 7.99. The minimum atomic E-state index is -0.0178. The molecule has 2 rings (SSSR count). The first-order valence-electron chi connectivity index (χ1n) is 9.48. The van der Waals surface area contributed by atoms with Crippen molar-refractivity contribution in [3.05, 3.63) is 6.20 Å². The standard InChI is InChI=1S/C19H32N6OS/c1-12(2)22-16-14-11-21-25(9-8-20-15(26)10-19(5,6)7)17(14)24-18(23-16)27-13(3)4/h11-13H,8-10H2,1-7H3,(H,20,26)(H,22,23,24). The Morgan fingerprint density at radius 2 is 1.93 bits per heavy atom. The number of carbonyl (C=O) groups is 1. The van der Waals surface area contributed by atoms with E-state index in [4.69, 9.17) is 4.98 Å². The highest BCUT2D eigenvalue weighted by Gasteiger charge is 2.17. The first-order valence-corrected chi connectivity index (χ1v) is 10.4. The Labute approximate surface area is 166 Å². The zero-order valence-electron chi connectivity index (χ0n) is 17.5. The lowest BCUT2D eigenvalue weighted by molar-refractivity contribution is -0.122. The van der Waals surface area contributed by atoms with Gasteiger partial charge in [-0.3, -0.25) is 4.79 Å². The Morgan fingerprint density at radius 3 is 2.52 bits per heavy atom. The van der Waals surface area contributed by atoms with E-state index < -0.39 is 0 Å². The molecule has 0 saturated heterocycles. The van der Waals surface area contributed by atoms with Gasteiger partial charge >= 0.3 is 0 Å². The second-order valence-electron chi connectivity index (χ2n) is 8.51. The number of rotatable bonds is 8. The highest BCUT2D eigenvalue weighted by atomic mass is 32.2. The summed E-state index contributed by atoms with van der Waals surface area (Å²) in [5.74, 6) is 0.868. The van der Waals surface area contributed by atoms with Crippen LogP contribution in [0.1, 0.15) is 54.9 Å². The van der Waals surface area contributed by atoms with E-state index in [9.17, 15) is 4.79 Å². The normalized spacial score (nSPS) is 12.2. The van der Waals surface area contributed by atoms with E-state index in [1.54, 1.807) is 18.0 Å². The van der Waals surface area contributed by atoms with Gasteiger partial charge in [-0.2, -0.15) is 5.10 Å². The van der Waals surface area contributed by atoms with Crippen molar-refractivity contribution < 1.29 is 4.79 Å². The van der Waals surface area contributed by atoms with Gasteiger partial charge < -0.3 is 10.6 Å². The first-order chi connectivity index (χ1) is 12.5. The lowest BCUT2D eigenvalue weighted by atomic mass is 9.92. The van der Waals surface area contributed by atoms with Crippen LogP contribution in [-0.4, -0.2) is 43.5 Å². The molecule has 0 aliphatic rings. The number of hydrogen-bond acceptors (Lipinski definition) is 6. The molecule has 0 saturated carbocycles. The maximum Gasteiger partial charge on any atom is 0.220 e. The number of aromatic nitrogens is 4. The van der Waals surface area contributed by atoms with Gasteiger partial charge in [0, 0.05) is 24.3 Å². The molecule has 1 amide bonds. The van der Waals surface area contributed by atoms with Gasteiger partial charge in [0.05, 0.1) is 18.1 Å². The lowest BCUT2D eigenvalue weighted by Crippen LogP contribution is -2.30. The maximum atomic E-state index is 12.0. The average Bonchev–Trinajstić information content (AvgIpc) is 2.87. The zero-order chi connectivity index (χ0) is 20.2. The van der Waals surface area contributed by atoms with E-state index in [0.717, 1.165) is 22.0 Å². The van der Waals surface area contributed by atoms with Crippen molar-refractivity contribution in [2.45, 2.75) is 77.9 Å². The van der Waals surface area contributed by atoms with Gasteiger partial charge in [0.2, 0.25) is 5.91 Å². The predicted molar refractivity (Wildman–Crippen MR) is 112 cm³/mol. The molecule has 2 N–H and O–H groups in total. The third kappa shape index (κ3) is 6.68. The quantitative estimate of drug-likeness (QED) is 0.526. The molecule has 2 heterocycles. The summed E-state index contributed by atoms with van der Waals surface area (Å²) in [6, 6.07) is 0.264. The van der Waals surface area contributed by atoms with Crippen LogP contribution in [0.3, 0.4) is 0 Å². The molecule has 0 aliphatic heterocycles. The van der Waals surface area contributed by atoms with Crippen molar-refractivity contribution in [3.63, 3.8) is 0 Å². The Morgan fingerprint density at radius 1 is 1.22 bits per heavy atom. The van der Waals surface area contributed by atoms with E-state index in [1.165, 1.54) is 0 Å². The minimum Gasteiger partial charge on any atom is -0.367 e. The van der Waals surface area contributed by atoms with Gasteiger partial charge in [-0.1, -0.05) is 46.4 Å². The summed E-state index contributed by atoms with van der Waals surface area (Å²) in [5, 5.41) is 12.9. The topological polar surface area (TPSA) is 84.7 Å². The van der Waals surface area contributed by atoms with Crippen LogP contribution in [0.4, 0.5) is 5.82 Å². The van der Waals surface area contributed by atoms with E-state index >= 15 is 0 Å². The number of amides is 1. The molecule has 0 aliphatic carbocycles. The SMILES string of the molecule is CC(C)Nc1nc(SC(C)C)nc2c1cnn2CCNC(=O)CC(C)(C)C. The molecule has 0 atom stereocenters. The van der Waals surface area contributed by atoms with Gasteiger partial charge in [0.1, 0.15) is 5.82 Å². The molecule has 0 fully saturated rings. The van der Waals surface area contributed by atoms with Crippen LogP contribution in [-0.2, 0) is 11.3 Å². The number of carbonyl (C=O) groups excluding carboxylic acids is 1. The van der Waals surface area contributed by atoms with E-state index in [-0.39, 0.29) is 17.4 Å². The summed E-state index contributed by atoms with van der Waals surface area (Å²) in [6.07, 6.45) is 2.30. The number of hydrogen-bond donors (Lipinski definition) is 2. The highest BCUT2D eigenvalue weighted by Crippen LogP contribution is 2.26. The van der Waals surface area contributed by atoms with Gasteiger partial charge in [-0.25, -0.2) is 14.6 Å². The van der Waals surface area contributed by atoms with Gasteiger partial charge in [-0.05, 0) is 19.3 Å². The summed E-state index contributed by atoms with van der Waals surface area (Å²) in [7, 11) is 0. The number of nitrogens with one attached hydrogen (secondary N) is 2. The van der Waals surface area contributed by atoms with Crippen LogP contribution in [0.15, 0.2) is 11.4 Å². The van der Waals surface area contributed by atoms with Crippen molar-refractivity contribution in [1.29, 1.82) is 0 Å². The molecule has 0 spiro atoms. The summed E-state index contributed by atoms with van der Waals surface area (Å²) in [6.45, 7) is 15.7. The second-order valence-corrected chi connectivity index (χ2v) is 10.1. The molecule has 8 heteroatoms. The Balaban J connectivity index is 2.18. The average molecular weight is 393 g/mol. The lowest BCUT2D eigenvalue weighted by Gasteiger charge is -2.17. The number of anilines is 1. The molecular formula is C19H32N6OS. The molecule has 7 nitrogen and oxygen atoms in total. The molecule has 150 valence electrons. The Kier molecular flexibility index (Phi) is 7.08. The molecule has 0 unspecified atom stereocenters. The third-order valence-electron chi connectivity index (χ3n) is 3.58. The fraction of sp³-hybridized carbons (Fsp3) is 0.684. The van der Waals surface area contributed by atoms with Crippen LogP contribution >= 0.6 is 11.8 Å². The molecule has 0 bridgehead atoms. The third-order valence-corrected chi connectivity index (χ3v) is 4.44. The summed E-state index contributed by atoms with van der Waals surface area (Å²) >= 11 is 1.63. The summed E-state index contributed by atoms with van der Waals surface area (Å²) in [5.41, 5.74) is 0.775. The van der Waals surface area contributed by atoms with E-state index in [2.05, 4.69) is 69.2 Å². The Hall–Kier alpha value is -1.83. The van der Waals surface area contributed by atoms with Crippen molar-refractivity contribution in [2.24, 2.45) is 5.41 Å². The summed E-state index contributed by atoms with van der Waals surface area (Å²) < 4.78 is 1.84. The van der Waals surface area contributed by atoms with Crippen molar-refractivity contribution in [1.82, 2.24) is 25.1 Å². The molecular weight excluding hydrogens is 360 g/mol. The Bertz CT molecular complexity index is 778. The maximum absolute atomic E-state index is 12.0. The van der Waals surface area contributed by atoms with Crippen LogP contribution in [0.25, 0.3) is 11.0 Å². The number of thioether (sulfide) groups is 1. The van der Waals surface area contributed by atoms with Crippen molar-refractivity contribution in [3.8, 4) is 0 Å². The summed E-state index contributed by atoms with van der Waals surface area (Å²) in [4.78, 5) is 21.4. The van der Waals surface area contributed by atoms with Crippen LogP contribution in [0, 0.1) is 5.41 Å². The predicted octanol–water partition coefficient (Wildman–Crippen LogP) is 3.70. The van der Waals surface area contributed by atoms with Crippen molar-refractivity contribution >= 4 is 34.5 Å². The fourth-order valence-corrected chi connectivity index (χ4v) is 3.30.